The number of benzene rings is 5. The van der Waals surface area contributed by atoms with Gasteiger partial charge in [-0.25, -0.2) is 14.5 Å². The molecule has 0 unspecified atom stereocenters. The lowest BCUT2D eigenvalue weighted by molar-refractivity contribution is 0.0590. The van der Waals surface area contributed by atoms with Crippen LogP contribution in [-0.4, -0.2) is 42.8 Å². The number of carbonyl (C=O) groups excluding carboxylic acids is 1. The molecule has 0 saturated carbocycles. The Bertz CT molecular complexity index is 2130. The highest BCUT2D eigenvalue weighted by molar-refractivity contribution is 5.92. The molecular formula is C42H39N7O2. The number of hydrogen-bond acceptors (Lipinski definition) is 7. The fourth-order valence-electron chi connectivity index (χ4n) is 6.92. The first-order valence-electron chi connectivity index (χ1n) is 17.1. The van der Waals surface area contributed by atoms with Crippen molar-refractivity contribution in [3.8, 4) is 22.5 Å². The molecule has 0 spiro atoms. The summed E-state index contributed by atoms with van der Waals surface area (Å²) in [6, 6.07) is 47.6. The van der Waals surface area contributed by atoms with E-state index in [0.29, 0.717) is 18.8 Å². The van der Waals surface area contributed by atoms with Crippen LogP contribution in [-0.2, 0) is 23.2 Å². The first-order chi connectivity index (χ1) is 25.1. The average Bonchev–Trinajstić information content (AvgIpc) is 3.80. The first-order valence-corrected chi connectivity index (χ1v) is 17.1. The molecule has 0 fully saturated rings. The number of carbonyl (C=O) groups is 1. The predicted octanol–water partition coefficient (Wildman–Crippen LogP) is 7.80. The van der Waals surface area contributed by atoms with Crippen LogP contribution in [0, 0.1) is 0 Å². The van der Waals surface area contributed by atoms with E-state index in [2.05, 4.69) is 126 Å². The number of tetrazole rings is 1. The van der Waals surface area contributed by atoms with Gasteiger partial charge in [0, 0.05) is 18.5 Å². The van der Waals surface area contributed by atoms with Crippen molar-refractivity contribution in [2.45, 2.75) is 38.3 Å². The minimum Gasteiger partial charge on any atom is -0.464 e. The summed E-state index contributed by atoms with van der Waals surface area (Å²) in [5.74, 6) is 1.09. The lowest BCUT2D eigenvalue weighted by Gasteiger charge is -2.36. The molecule has 2 heterocycles. The molecule has 2 aromatic heterocycles. The molecule has 5 aromatic carbocycles. The number of nitrogens with zero attached hydrogens (tertiary/aromatic N) is 6. The molecule has 7 aromatic rings. The highest BCUT2D eigenvalue weighted by Crippen LogP contribution is 2.43. The van der Waals surface area contributed by atoms with Crippen LogP contribution < -0.4 is 5.73 Å². The smallest absolute Gasteiger partial charge is 0.358 e. The van der Waals surface area contributed by atoms with Crippen molar-refractivity contribution in [3.05, 3.63) is 173 Å². The molecule has 0 aliphatic rings. The Balaban J connectivity index is 1.33. The summed E-state index contributed by atoms with van der Waals surface area (Å²) in [5.41, 5.74) is 12.6. The van der Waals surface area contributed by atoms with Crippen molar-refractivity contribution in [3.63, 3.8) is 0 Å². The maximum absolute atomic E-state index is 12.7. The van der Waals surface area contributed by atoms with Crippen molar-refractivity contribution >= 4 is 11.8 Å². The van der Waals surface area contributed by atoms with E-state index in [0.717, 1.165) is 57.6 Å². The Hall–Kier alpha value is -6.35. The predicted molar refractivity (Wildman–Crippen MR) is 199 cm³/mol. The van der Waals surface area contributed by atoms with E-state index in [-0.39, 0.29) is 11.5 Å². The number of aryl methyl sites for hydroxylation is 1. The number of nitrogens with two attached hydrogens (primary N) is 1. The number of unbranched alkanes of at least 4 members (excludes halogenated alkanes) is 1. The zero-order valence-electron chi connectivity index (χ0n) is 28.7. The van der Waals surface area contributed by atoms with Gasteiger partial charge in [-0.1, -0.05) is 153 Å². The van der Waals surface area contributed by atoms with Crippen molar-refractivity contribution < 1.29 is 9.53 Å². The Kier molecular flexibility index (Phi) is 9.52. The van der Waals surface area contributed by atoms with Crippen LogP contribution >= 0.6 is 0 Å². The number of hydrogen-bond donors (Lipinski definition) is 1. The highest BCUT2D eigenvalue weighted by atomic mass is 16.5. The molecular weight excluding hydrogens is 635 g/mol. The fraction of sp³-hybridized carbons (Fsp3) is 0.167. The topological polar surface area (TPSA) is 114 Å². The van der Waals surface area contributed by atoms with Gasteiger partial charge >= 0.3 is 5.97 Å². The number of nitrogen functional groups attached to an aromatic ring is 1. The second-order valence-corrected chi connectivity index (χ2v) is 12.4. The van der Waals surface area contributed by atoms with Crippen LogP contribution in [0.4, 0.5) is 5.82 Å². The zero-order valence-corrected chi connectivity index (χ0v) is 28.7. The highest BCUT2D eigenvalue weighted by Gasteiger charge is 2.42. The van der Waals surface area contributed by atoms with E-state index in [1.807, 2.05) is 39.6 Å². The second-order valence-electron chi connectivity index (χ2n) is 12.4. The van der Waals surface area contributed by atoms with Crippen molar-refractivity contribution in [2.75, 3.05) is 12.8 Å². The van der Waals surface area contributed by atoms with Gasteiger partial charge in [0.05, 0.1) is 7.11 Å². The molecule has 51 heavy (non-hydrogen) atoms. The normalized spacial score (nSPS) is 11.4. The number of ether oxygens (including phenoxy) is 1. The summed E-state index contributed by atoms with van der Waals surface area (Å²) < 4.78 is 8.89. The molecule has 9 nitrogen and oxygen atoms in total. The molecule has 0 bridgehead atoms. The van der Waals surface area contributed by atoms with Gasteiger partial charge in [0.1, 0.15) is 11.4 Å². The number of esters is 1. The van der Waals surface area contributed by atoms with Gasteiger partial charge in [0.2, 0.25) is 0 Å². The lowest BCUT2D eigenvalue weighted by atomic mass is 9.77. The minimum absolute atomic E-state index is 0.189. The van der Waals surface area contributed by atoms with Gasteiger partial charge in [-0.05, 0) is 50.2 Å². The summed E-state index contributed by atoms with van der Waals surface area (Å²) >= 11 is 0. The summed E-state index contributed by atoms with van der Waals surface area (Å²) in [5, 5.41) is 13.7. The number of anilines is 1. The Labute approximate surface area is 297 Å². The summed E-state index contributed by atoms with van der Waals surface area (Å²) in [6.07, 6.45) is 2.65. The van der Waals surface area contributed by atoms with Gasteiger partial charge in [-0.3, -0.25) is 0 Å². The van der Waals surface area contributed by atoms with Crippen molar-refractivity contribution in [1.82, 2.24) is 29.8 Å². The van der Waals surface area contributed by atoms with Gasteiger partial charge in [-0.15, -0.1) is 5.10 Å². The van der Waals surface area contributed by atoms with Gasteiger partial charge in [0.25, 0.3) is 0 Å². The molecule has 0 aliphatic carbocycles. The molecule has 0 aliphatic heterocycles. The first kappa shape index (κ1) is 33.2. The largest absolute Gasteiger partial charge is 0.464 e. The summed E-state index contributed by atoms with van der Waals surface area (Å²) in [4.78, 5) is 17.2. The molecule has 2 N–H and O–H groups in total. The van der Waals surface area contributed by atoms with Gasteiger partial charge < -0.3 is 15.0 Å². The Morgan fingerprint density at radius 2 is 1.29 bits per heavy atom. The van der Waals surface area contributed by atoms with E-state index in [1.165, 1.54) is 7.11 Å². The molecule has 0 atom stereocenters. The summed E-state index contributed by atoms with van der Waals surface area (Å²) in [6.45, 7) is 2.56. The van der Waals surface area contributed by atoms with Crippen LogP contribution in [0.2, 0.25) is 0 Å². The number of methoxy groups -OCH3 is 1. The summed E-state index contributed by atoms with van der Waals surface area (Å²) in [7, 11) is 1.36. The van der Waals surface area contributed by atoms with E-state index in [4.69, 9.17) is 20.8 Å². The Morgan fingerprint density at radius 1 is 0.745 bits per heavy atom. The molecule has 0 saturated heterocycles. The third-order valence-electron chi connectivity index (χ3n) is 9.34. The molecule has 0 radical (unpaired) electrons. The Morgan fingerprint density at radius 3 is 1.84 bits per heavy atom. The third-order valence-corrected chi connectivity index (χ3v) is 9.34. The van der Waals surface area contributed by atoms with Crippen LogP contribution in [0.5, 0.6) is 0 Å². The van der Waals surface area contributed by atoms with Crippen LogP contribution in [0.1, 0.15) is 58.3 Å². The molecule has 254 valence electrons. The second kappa shape index (κ2) is 14.6. The third kappa shape index (κ3) is 6.18. The van der Waals surface area contributed by atoms with Crippen LogP contribution in [0.15, 0.2) is 140 Å². The molecule has 7 rings (SSSR count). The monoisotopic (exact) mass is 673 g/mol. The van der Waals surface area contributed by atoms with Gasteiger partial charge in [-0.2, -0.15) is 0 Å². The molecule has 9 heteroatoms. The van der Waals surface area contributed by atoms with Crippen molar-refractivity contribution in [2.24, 2.45) is 0 Å². The number of imidazole rings is 1. The maximum Gasteiger partial charge on any atom is 0.358 e. The minimum atomic E-state index is -0.876. The quantitative estimate of drug-likeness (QED) is 0.104. The maximum atomic E-state index is 12.7. The van der Waals surface area contributed by atoms with E-state index in [9.17, 15) is 4.79 Å². The van der Waals surface area contributed by atoms with Gasteiger partial charge in [0.15, 0.2) is 17.3 Å². The van der Waals surface area contributed by atoms with Crippen LogP contribution in [0.25, 0.3) is 22.5 Å². The average molecular weight is 674 g/mol. The zero-order chi connectivity index (χ0) is 35.2. The van der Waals surface area contributed by atoms with Crippen LogP contribution in [0.3, 0.4) is 0 Å². The standard InChI is InChI=1S/C42H39N7O2/c1-3-4-24-37-44-39(43)38(41(50)51-2)48(37)29-30-25-27-31(28-26-30)35-22-14-15-23-36(35)40-45-46-47-49(40)42(32-16-8-5-9-17-32,33-18-10-6-11-19-33)34-20-12-7-13-21-34/h5-23,25-28H,3-4,24,29,43H2,1-2H3. The number of rotatable bonds is 12. The lowest BCUT2D eigenvalue weighted by Crippen LogP contribution is -2.39. The van der Waals surface area contributed by atoms with Crippen molar-refractivity contribution in [1.29, 1.82) is 0 Å². The van der Waals surface area contributed by atoms with E-state index < -0.39 is 11.5 Å². The molecule has 0 amide bonds. The van der Waals surface area contributed by atoms with E-state index in [1.54, 1.807) is 0 Å². The number of aromatic nitrogens is 6. The fourth-order valence-corrected chi connectivity index (χ4v) is 6.92. The van der Waals surface area contributed by atoms with E-state index >= 15 is 0 Å². The SMILES string of the molecule is CCCCc1nc(N)c(C(=O)OC)n1Cc1ccc(-c2ccccc2-c2nnnn2C(c2ccccc2)(c2ccccc2)c2ccccc2)cc1.